The number of ether oxygens (including phenoxy) is 2. The van der Waals surface area contributed by atoms with Gasteiger partial charge in [0.05, 0.1) is 11.7 Å². The van der Waals surface area contributed by atoms with Crippen LogP contribution >= 0.6 is 0 Å². The summed E-state index contributed by atoms with van der Waals surface area (Å²) < 4.78 is 24.9. The van der Waals surface area contributed by atoms with E-state index in [-0.39, 0.29) is 23.3 Å². The monoisotopic (exact) mass is 253 g/mol. The van der Waals surface area contributed by atoms with Gasteiger partial charge in [-0.15, -0.1) is 0 Å². The Labute approximate surface area is 107 Å². The molecule has 0 saturated carbocycles. The highest BCUT2D eigenvalue weighted by Crippen LogP contribution is 2.30. The van der Waals surface area contributed by atoms with Gasteiger partial charge < -0.3 is 15.2 Å². The van der Waals surface area contributed by atoms with Gasteiger partial charge in [0.15, 0.2) is 11.6 Å². The van der Waals surface area contributed by atoms with Crippen LogP contribution in [-0.4, -0.2) is 18.3 Å². The highest BCUT2D eigenvalue weighted by atomic mass is 19.1. The van der Waals surface area contributed by atoms with Crippen LogP contribution in [0.4, 0.5) is 4.39 Å². The molecule has 100 valence electrons. The van der Waals surface area contributed by atoms with Crippen molar-refractivity contribution in [2.45, 2.75) is 44.9 Å². The van der Waals surface area contributed by atoms with Gasteiger partial charge in [-0.2, -0.15) is 0 Å². The fraction of sp³-hybridized carbons (Fsp3) is 0.571. The number of hydrogen-bond donors (Lipinski definition) is 1. The lowest BCUT2D eigenvalue weighted by atomic mass is 10.1. The van der Waals surface area contributed by atoms with Crippen molar-refractivity contribution >= 4 is 0 Å². The molecule has 0 amide bonds. The second-order valence-electron chi connectivity index (χ2n) is 5.32. The first kappa shape index (κ1) is 13.3. The van der Waals surface area contributed by atoms with E-state index in [4.69, 9.17) is 15.2 Å². The summed E-state index contributed by atoms with van der Waals surface area (Å²) in [6.45, 7) is 4.84. The van der Waals surface area contributed by atoms with Crippen molar-refractivity contribution in [3.8, 4) is 5.75 Å². The van der Waals surface area contributed by atoms with Gasteiger partial charge in [-0.1, -0.05) is 6.07 Å². The van der Waals surface area contributed by atoms with Gasteiger partial charge in [0.25, 0.3) is 0 Å². The number of hydrogen-bond acceptors (Lipinski definition) is 3. The van der Waals surface area contributed by atoms with E-state index in [0.717, 1.165) is 18.4 Å². The van der Waals surface area contributed by atoms with Gasteiger partial charge in [-0.05, 0) is 44.4 Å². The van der Waals surface area contributed by atoms with Crippen LogP contribution in [0.1, 0.15) is 32.3 Å². The van der Waals surface area contributed by atoms with E-state index in [1.54, 1.807) is 12.1 Å². The summed E-state index contributed by atoms with van der Waals surface area (Å²) in [5.74, 6) is -0.101. The number of rotatable bonds is 4. The molecule has 0 aromatic heterocycles. The van der Waals surface area contributed by atoms with Crippen molar-refractivity contribution in [3.63, 3.8) is 0 Å². The average molecular weight is 253 g/mol. The summed E-state index contributed by atoms with van der Waals surface area (Å²) in [5.41, 5.74) is 6.12. The highest BCUT2D eigenvalue weighted by Gasteiger charge is 2.32. The second-order valence-corrected chi connectivity index (χ2v) is 5.32. The molecule has 4 heteroatoms. The number of nitrogens with two attached hydrogens (primary N) is 1. The van der Waals surface area contributed by atoms with Crippen molar-refractivity contribution in [1.82, 2.24) is 0 Å². The van der Waals surface area contributed by atoms with Crippen molar-refractivity contribution in [3.05, 3.63) is 29.6 Å². The molecule has 2 N–H and O–H groups in total. The maximum absolute atomic E-state index is 13.6. The van der Waals surface area contributed by atoms with Gasteiger partial charge in [0, 0.05) is 6.54 Å². The Morgan fingerprint density at radius 2 is 2.28 bits per heavy atom. The molecule has 0 radical (unpaired) electrons. The zero-order valence-electron chi connectivity index (χ0n) is 10.9. The Balaban J connectivity index is 1.91. The topological polar surface area (TPSA) is 44.5 Å². The molecule has 2 rings (SSSR count). The third-order valence-corrected chi connectivity index (χ3v) is 3.21. The van der Waals surface area contributed by atoms with Gasteiger partial charge in [0.1, 0.15) is 6.61 Å². The molecule has 1 aromatic rings. The van der Waals surface area contributed by atoms with E-state index in [0.29, 0.717) is 13.2 Å². The van der Waals surface area contributed by atoms with Crippen molar-refractivity contribution in [2.75, 3.05) is 6.61 Å². The van der Waals surface area contributed by atoms with Gasteiger partial charge in [-0.25, -0.2) is 4.39 Å². The van der Waals surface area contributed by atoms with Crippen molar-refractivity contribution in [2.24, 2.45) is 5.73 Å². The zero-order chi connectivity index (χ0) is 13.2. The molecule has 0 aliphatic carbocycles. The first-order chi connectivity index (χ1) is 8.50. The molecule has 1 aliphatic heterocycles. The Hall–Kier alpha value is -1.13. The first-order valence-corrected chi connectivity index (χ1v) is 6.29. The third kappa shape index (κ3) is 3.21. The predicted molar refractivity (Wildman–Crippen MR) is 68.0 cm³/mol. The minimum Gasteiger partial charge on any atom is -0.488 e. The molecule has 1 unspecified atom stereocenters. The largest absolute Gasteiger partial charge is 0.488 e. The summed E-state index contributed by atoms with van der Waals surface area (Å²) >= 11 is 0. The quantitative estimate of drug-likeness (QED) is 0.897. The Bertz CT molecular complexity index is 420. The van der Waals surface area contributed by atoms with Gasteiger partial charge in [-0.3, -0.25) is 0 Å². The van der Waals surface area contributed by atoms with E-state index in [2.05, 4.69) is 13.8 Å². The van der Waals surface area contributed by atoms with E-state index in [9.17, 15) is 4.39 Å². The molecule has 0 spiro atoms. The summed E-state index contributed by atoms with van der Waals surface area (Å²) in [6, 6.07) is 4.81. The van der Waals surface area contributed by atoms with E-state index in [1.807, 2.05) is 0 Å². The third-order valence-electron chi connectivity index (χ3n) is 3.21. The van der Waals surface area contributed by atoms with Crippen LogP contribution < -0.4 is 10.5 Å². The lowest BCUT2D eigenvalue weighted by molar-refractivity contribution is -0.0330. The Kier molecular flexibility index (Phi) is 3.88. The maximum atomic E-state index is 13.6. The molecule has 0 bridgehead atoms. The lowest BCUT2D eigenvalue weighted by Gasteiger charge is -2.19. The standard InChI is InChI=1S/C14H20FNO2/c1-14(2)6-5-11(18-14)9-17-13-4-3-10(8-16)7-12(13)15/h3-4,7,11H,5-6,8-9,16H2,1-2H3. The summed E-state index contributed by atoms with van der Waals surface area (Å²) in [5, 5.41) is 0. The van der Waals surface area contributed by atoms with Crippen molar-refractivity contribution < 1.29 is 13.9 Å². The lowest BCUT2D eigenvalue weighted by Crippen LogP contribution is -2.24. The summed E-state index contributed by atoms with van der Waals surface area (Å²) in [4.78, 5) is 0. The minimum atomic E-state index is -0.366. The number of benzene rings is 1. The minimum absolute atomic E-state index is 0.0496. The van der Waals surface area contributed by atoms with Crippen LogP contribution in [-0.2, 0) is 11.3 Å². The highest BCUT2D eigenvalue weighted by molar-refractivity contribution is 5.29. The van der Waals surface area contributed by atoms with Crippen LogP contribution in [0.15, 0.2) is 18.2 Å². The molecule has 18 heavy (non-hydrogen) atoms. The fourth-order valence-corrected chi connectivity index (χ4v) is 2.17. The van der Waals surface area contributed by atoms with Crippen LogP contribution in [0, 0.1) is 5.82 Å². The second kappa shape index (κ2) is 5.24. The van der Waals surface area contributed by atoms with Crippen LogP contribution in [0.3, 0.4) is 0 Å². The molecule has 1 fully saturated rings. The number of halogens is 1. The molecule has 3 nitrogen and oxygen atoms in total. The first-order valence-electron chi connectivity index (χ1n) is 6.29. The maximum Gasteiger partial charge on any atom is 0.165 e. The predicted octanol–water partition coefficient (Wildman–Crippen LogP) is 2.62. The smallest absolute Gasteiger partial charge is 0.165 e. The summed E-state index contributed by atoms with van der Waals surface area (Å²) in [6.07, 6.45) is 2.01. The fourth-order valence-electron chi connectivity index (χ4n) is 2.17. The normalized spacial score (nSPS) is 22.1. The zero-order valence-corrected chi connectivity index (χ0v) is 10.9. The average Bonchev–Trinajstić information content (AvgIpc) is 2.67. The van der Waals surface area contributed by atoms with E-state index < -0.39 is 0 Å². The molecular formula is C14H20FNO2. The van der Waals surface area contributed by atoms with Crippen molar-refractivity contribution in [1.29, 1.82) is 0 Å². The molecular weight excluding hydrogens is 233 g/mol. The molecule has 1 aliphatic rings. The van der Waals surface area contributed by atoms with Gasteiger partial charge >= 0.3 is 0 Å². The van der Waals surface area contributed by atoms with E-state index in [1.165, 1.54) is 6.07 Å². The SMILES string of the molecule is CC1(C)CCC(COc2ccc(CN)cc2F)O1. The Morgan fingerprint density at radius 1 is 1.50 bits per heavy atom. The van der Waals surface area contributed by atoms with Crippen LogP contribution in [0.25, 0.3) is 0 Å². The molecule has 1 saturated heterocycles. The molecule has 1 atom stereocenters. The van der Waals surface area contributed by atoms with Crippen LogP contribution in [0.2, 0.25) is 0 Å². The van der Waals surface area contributed by atoms with Crippen LogP contribution in [0.5, 0.6) is 5.75 Å². The molecule has 1 aromatic carbocycles. The molecule has 1 heterocycles. The summed E-state index contributed by atoms with van der Waals surface area (Å²) in [7, 11) is 0. The van der Waals surface area contributed by atoms with E-state index >= 15 is 0 Å². The Morgan fingerprint density at radius 3 is 2.83 bits per heavy atom. The van der Waals surface area contributed by atoms with Gasteiger partial charge in [0.2, 0.25) is 0 Å².